The molecule has 0 aliphatic carbocycles. The molecular weight excluding hydrogens is 507 g/mol. The topological polar surface area (TPSA) is 42.2 Å². The van der Waals surface area contributed by atoms with Crippen LogP contribution in [-0.4, -0.2) is 9.97 Å². The van der Waals surface area contributed by atoms with E-state index < -0.39 is 0 Å². The number of fused-ring (bicyclic) bond motifs is 4. The Kier molecular flexibility index (Phi) is 4.90. The van der Waals surface area contributed by atoms with Crippen molar-refractivity contribution < 1.29 is 4.42 Å². The number of oxazole rings is 1. The summed E-state index contributed by atoms with van der Waals surface area (Å²) in [6.07, 6.45) is 0. The van der Waals surface area contributed by atoms with Gasteiger partial charge in [-0.1, -0.05) is 66.4 Å². The summed E-state index contributed by atoms with van der Waals surface area (Å²) < 4.78 is 7.32. The molecular formula is C32H19N3OS2. The van der Waals surface area contributed by atoms with E-state index in [-0.39, 0.29) is 0 Å². The average Bonchev–Trinajstić information content (AvgIpc) is 3.58. The third kappa shape index (κ3) is 3.53. The number of benzene rings is 5. The van der Waals surface area contributed by atoms with Crippen LogP contribution in [0.4, 0.5) is 17.1 Å². The van der Waals surface area contributed by atoms with Gasteiger partial charge in [-0.05, 0) is 54.6 Å². The molecule has 0 N–H and O–H groups in total. The number of nitrogens with zero attached hydrogens (tertiary/aromatic N) is 3. The molecule has 0 bridgehead atoms. The lowest BCUT2D eigenvalue weighted by molar-refractivity contribution is 0.620. The standard InChI is InChI=1S/C32H19N3OS2/c1-2-8-21(9-3-1)32-34-24-18-27-23(19-30(24)38-32)33-31(36-27)20-14-16-22(17-15-20)35-25-10-4-6-12-28(25)37-29-13-7-5-11-26(29)35/h1-19H. The van der Waals surface area contributed by atoms with Crippen LogP contribution in [0, 0.1) is 0 Å². The molecule has 0 fully saturated rings. The minimum atomic E-state index is 0.613. The third-order valence-electron chi connectivity index (χ3n) is 6.72. The van der Waals surface area contributed by atoms with E-state index in [0.717, 1.165) is 43.1 Å². The number of thiazole rings is 1. The summed E-state index contributed by atoms with van der Waals surface area (Å²) in [5, 5.41) is 1.00. The van der Waals surface area contributed by atoms with Gasteiger partial charge < -0.3 is 9.32 Å². The Morgan fingerprint density at radius 1 is 0.605 bits per heavy atom. The van der Waals surface area contributed by atoms with Crippen molar-refractivity contribution >= 4 is 61.5 Å². The zero-order valence-corrected chi connectivity index (χ0v) is 21.7. The SMILES string of the molecule is c1ccc(-c2nc3cc4oc(-c5ccc(N6c7ccccc7Sc7ccccc76)cc5)nc4cc3s2)cc1. The van der Waals surface area contributed by atoms with Crippen LogP contribution in [-0.2, 0) is 0 Å². The van der Waals surface area contributed by atoms with E-state index in [0.29, 0.717) is 5.89 Å². The Bertz CT molecular complexity index is 1860. The molecule has 0 spiro atoms. The highest BCUT2D eigenvalue weighted by Crippen LogP contribution is 2.51. The second-order valence-corrected chi connectivity index (χ2v) is 11.2. The largest absolute Gasteiger partial charge is 0.436 e. The van der Waals surface area contributed by atoms with Crippen LogP contribution in [0.1, 0.15) is 0 Å². The van der Waals surface area contributed by atoms with E-state index in [1.54, 1.807) is 11.3 Å². The lowest BCUT2D eigenvalue weighted by Gasteiger charge is -2.32. The highest BCUT2D eigenvalue weighted by atomic mass is 32.2. The fourth-order valence-corrected chi connectivity index (χ4v) is 6.96. The minimum absolute atomic E-state index is 0.613. The molecule has 0 saturated carbocycles. The van der Waals surface area contributed by atoms with E-state index in [1.807, 2.05) is 36.0 Å². The van der Waals surface area contributed by atoms with Gasteiger partial charge in [0.25, 0.3) is 0 Å². The van der Waals surface area contributed by atoms with Crippen LogP contribution in [0.25, 0.3) is 43.3 Å². The maximum absolute atomic E-state index is 6.21. The Balaban J connectivity index is 1.16. The molecule has 0 saturated heterocycles. The first-order valence-electron chi connectivity index (χ1n) is 12.3. The van der Waals surface area contributed by atoms with Gasteiger partial charge in [0.1, 0.15) is 10.5 Å². The molecule has 6 heteroatoms. The van der Waals surface area contributed by atoms with Gasteiger partial charge in [-0.15, -0.1) is 11.3 Å². The maximum atomic E-state index is 6.21. The van der Waals surface area contributed by atoms with Crippen LogP contribution >= 0.6 is 23.1 Å². The summed E-state index contributed by atoms with van der Waals surface area (Å²) in [5.74, 6) is 0.613. The summed E-state index contributed by atoms with van der Waals surface area (Å²) in [4.78, 5) is 14.5. The van der Waals surface area contributed by atoms with Crippen molar-refractivity contribution in [1.82, 2.24) is 9.97 Å². The van der Waals surface area contributed by atoms with Gasteiger partial charge in [-0.2, -0.15) is 0 Å². The molecule has 0 unspecified atom stereocenters. The van der Waals surface area contributed by atoms with Crippen molar-refractivity contribution in [3.05, 3.63) is 115 Å². The van der Waals surface area contributed by atoms with E-state index in [2.05, 4.69) is 95.9 Å². The lowest BCUT2D eigenvalue weighted by atomic mass is 10.1. The predicted molar refractivity (Wildman–Crippen MR) is 157 cm³/mol. The maximum Gasteiger partial charge on any atom is 0.227 e. The fourth-order valence-electron chi connectivity index (χ4n) is 4.91. The van der Waals surface area contributed by atoms with E-state index >= 15 is 0 Å². The molecule has 38 heavy (non-hydrogen) atoms. The molecule has 7 aromatic rings. The second-order valence-electron chi connectivity index (χ2n) is 9.11. The van der Waals surface area contributed by atoms with Gasteiger partial charge in [0, 0.05) is 32.7 Å². The monoisotopic (exact) mass is 525 g/mol. The molecule has 4 nitrogen and oxygen atoms in total. The number of para-hydroxylation sites is 2. The fraction of sp³-hybridized carbons (Fsp3) is 0. The van der Waals surface area contributed by atoms with Gasteiger partial charge in [0.15, 0.2) is 5.58 Å². The zero-order valence-electron chi connectivity index (χ0n) is 20.0. The zero-order chi connectivity index (χ0) is 25.1. The lowest BCUT2D eigenvalue weighted by Crippen LogP contribution is -2.14. The Morgan fingerprint density at radius 2 is 1.29 bits per heavy atom. The predicted octanol–water partition coefficient (Wildman–Crippen LogP) is 9.71. The number of hydrogen-bond donors (Lipinski definition) is 0. The molecule has 180 valence electrons. The number of anilines is 3. The molecule has 2 aromatic heterocycles. The molecule has 5 aromatic carbocycles. The first-order valence-corrected chi connectivity index (χ1v) is 14.0. The highest BCUT2D eigenvalue weighted by Gasteiger charge is 2.24. The summed E-state index contributed by atoms with van der Waals surface area (Å²) >= 11 is 3.49. The first-order chi connectivity index (χ1) is 18.8. The van der Waals surface area contributed by atoms with Crippen molar-refractivity contribution in [2.24, 2.45) is 0 Å². The molecule has 1 aliphatic rings. The Labute approximate surface area is 227 Å². The van der Waals surface area contributed by atoms with E-state index in [1.165, 1.54) is 21.2 Å². The van der Waals surface area contributed by atoms with Crippen molar-refractivity contribution in [2.45, 2.75) is 9.79 Å². The average molecular weight is 526 g/mol. The van der Waals surface area contributed by atoms with Crippen molar-refractivity contribution in [1.29, 1.82) is 0 Å². The molecule has 0 amide bonds. The van der Waals surface area contributed by atoms with Crippen molar-refractivity contribution in [2.75, 3.05) is 4.90 Å². The van der Waals surface area contributed by atoms with Gasteiger partial charge in [0.05, 0.1) is 21.6 Å². The van der Waals surface area contributed by atoms with E-state index in [9.17, 15) is 0 Å². The van der Waals surface area contributed by atoms with Crippen LogP contribution < -0.4 is 4.90 Å². The smallest absolute Gasteiger partial charge is 0.227 e. The quantitative estimate of drug-likeness (QED) is 0.230. The number of hydrogen-bond acceptors (Lipinski definition) is 6. The molecule has 8 rings (SSSR count). The van der Waals surface area contributed by atoms with Crippen LogP contribution in [0.5, 0.6) is 0 Å². The van der Waals surface area contributed by atoms with Crippen LogP contribution in [0.15, 0.2) is 129 Å². The molecule has 0 radical (unpaired) electrons. The van der Waals surface area contributed by atoms with E-state index in [4.69, 9.17) is 14.4 Å². The van der Waals surface area contributed by atoms with Gasteiger partial charge >= 0.3 is 0 Å². The molecule has 3 heterocycles. The Hall–Kier alpha value is -4.39. The van der Waals surface area contributed by atoms with Gasteiger partial charge in [-0.3, -0.25) is 0 Å². The molecule has 1 aliphatic heterocycles. The number of rotatable bonds is 3. The van der Waals surface area contributed by atoms with Gasteiger partial charge in [0.2, 0.25) is 5.89 Å². The van der Waals surface area contributed by atoms with Crippen LogP contribution in [0.2, 0.25) is 0 Å². The van der Waals surface area contributed by atoms with Gasteiger partial charge in [-0.25, -0.2) is 9.97 Å². The van der Waals surface area contributed by atoms with Crippen LogP contribution in [0.3, 0.4) is 0 Å². The second kappa shape index (κ2) is 8.58. The third-order valence-corrected chi connectivity index (χ3v) is 8.92. The van der Waals surface area contributed by atoms with Crippen molar-refractivity contribution in [3.63, 3.8) is 0 Å². The summed E-state index contributed by atoms with van der Waals surface area (Å²) in [5.41, 5.74) is 8.06. The van der Waals surface area contributed by atoms with Crippen molar-refractivity contribution in [3.8, 4) is 22.0 Å². The summed E-state index contributed by atoms with van der Waals surface area (Å²) in [7, 11) is 0. The summed E-state index contributed by atoms with van der Waals surface area (Å²) in [6.45, 7) is 0. The first kappa shape index (κ1) is 21.7. The number of aromatic nitrogens is 2. The summed E-state index contributed by atoms with van der Waals surface area (Å²) in [6, 6.07) is 39.9. The normalized spacial score (nSPS) is 12.6. The molecule has 0 atom stereocenters. The highest BCUT2D eigenvalue weighted by molar-refractivity contribution is 7.99. The Morgan fingerprint density at radius 3 is 2.03 bits per heavy atom. The minimum Gasteiger partial charge on any atom is -0.436 e.